The van der Waals surface area contributed by atoms with Gasteiger partial charge < -0.3 is 10.1 Å². The fourth-order valence-electron chi connectivity index (χ4n) is 3.89. The maximum atomic E-state index is 11.6. The minimum absolute atomic E-state index is 0.0464. The highest BCUT2D eigenvalue weighted by Gasteiger charge is 2.62. The Morgan fingerprint density at radius 1 is 1.44 bits per heavy atom. The molecule has 2 unspecified atom stereocenters. The number of fused-ring (bicyclic) bond motifs is 1. The zero-order valence-electron chi connectivity index (χ0n) is 11.2. The predicted molar refractivity (Wildman–Crippen MR) is 67.9 cm³/mol. The quantitative estimate of drug-likeness (QED) is 0.746. The summed E-state index contributed by atoms with van der Waals surface area (Å²) < 4.78 is 0. The lowest BCUT2D eigenvalue weighted by atomic mass is 9.97. The summed E-state index contributed by atoms with van der Waals surface area (Å²) in [5, 5.41) is 2.85. The molecule has 1 N–H and O–H groups in total. The van der Waals surface area contributed by atoms with E-state index >= 15 is 0 Å². The first-order chi connectivity index (χ1) is 8.54. The molecule has 1 aliphatic carbocycles. The summed E-state index contributed by atoms with van der Waals surface area (Å²) in [6.07, 6.45) is 2.63. The molecular weight excluding hydrogens is 228 g/mol. The predicted octanol–water partition coefficient (Wildman–Crippen LogP) is 0.668. The molecule has 3 fully saturated rings. The van der Waals surface area contributed by atoms with E-state index in [1.54, 1.807) is 0 Å². The third kappa shape index (κ3) is 1.78. The lowest BCUT2D eigenvalue weighted by Gasteiger charge is -2.28. The Morgan fingerprint density at radius 2 is 2.11 bits per heavy atom. The molecule has 3 rings (SSSR count). The Hall–Kier alpha value is -0.900. The Balaban J connectivity index is 1.58. The van der Waals surface area contributed by atoms with Crippen molar-refractivity contribution in [2.45, 2.75) is 32.7 Å². The van der Waals surface area contributed by atoms with Crippen LogP contribution in [0, 0.1) is 23.2 Å². The van der Waals surface area contributed by atoms with Crippen LogP contribution in [0.4, 0.5) is 0 Å². The summed E-state index contributed by atoms with van der Waals surface area (Å²) >= 11 is 0. The zero-order chi connectivity index (χ0) is 12.9. The number of rotatable bonds is 4. The summed E-state index contributed by atoms with van der Waals surface area (Å²) in [5.41, 5.74) is 0.481. The molecule has 2 heterocycles. The van der Waals surface area contributed by atoms with Gasteiger partial charge in [0.1, 0.15) is 6.29 Å². The standard InChI is InChI=1S/C14H22N2O2/c1-14(2)11-6-16(7-12(11)14)10(8-17)5-9-3-4-15-13(9)18/h8-12H,3-7H2,1-2H3,(H,15,18)/t9-,10-,11?,12?/m0/s1. The maximum absolute atomic E-state index is 11.6. The van der Waals surface area contributed by atoms with E-state index < -0.39 is 0 Å². The Kier molecular flexibility index (Phi) is 2.73. The van der Waals surface area contributed by atoms with E-state index in [1.807, 2.05) is 0 Å². The number of hydrogen-bond donors (Lipinski definition) is 1. The van der Waals surface area contributed by atoms with Crippen molar-refractivity contribution in [1.82, 2.24) is 10.2 Å². The van der Waals surface area contributed by atoms with E-state index in [2.05, 4.69) is 24.1 Å². The molecule has 100 valence electrons. The van der Waals surface area contributed by atoms with Crippen molar-refractivity contribution in [3.8, 4) is 0 Å². The molecule has 0 bridgehead atoms. The third-order valence-electron chi connectivity index (χ3n) is 5.47. The minimum Gasteiger partial charge on any atom is -0.356 e. The average Bonchev–Trinajstić information content (AvgIpc) is 2.78. The second kappa shape index (κ2) is 4.05. The smallest absolute Gasteiger partial charge is 0.223 e. The first-order valence-electron chi connectivity index (χ1n) is 7.01. The summed E-state index contributed by atoms with van der Waals surface area (Å²) in [6, 6.07) is -0.0533. The van der Waals surface area contributed by atoms with Crippen molar-refractivity contribution in [2.24, 2.45) is 23.2 Å². The van der Waals surface area contributed by atoms with Gasteiger partial charge in [-0.15, -0.1) is 0 Å². The number of carbonyl (C=O) groups excluding carboxylic acids is 2. The zero-order valence-corrected chi connectivity index (χ0v) is 11.2. The third-order valence-corrected chi connectivity index (χ3v) is 5.47. The number of hydrogen-bond acceptors (Lipinski definition) is 3. The van der Waals surface area contributed by atoms with E-state index in [9.17, 15) is 9.59 Å². The summed E-state index contributed by atoms with van der Waals surface area (Å²) in [4.78, 5) is 25.2. The van der Waals surface area contributed by atoms with Crippen LogP contribution in [0.15, 0.2) is 0 Å². The summed E-state index contributed by atoms with van der Waals surface area (Å²) in [7, 11) is 0. The minimum atomic E-state index is -0.0533. The fraction of sp³-hybridized carbons (Fsp3) is 0.857. The van der Waals surface area contributed by atoms with Crippen molar-refractivity contribution >= 4 is 12.2 Å². The monoisotopic (exact) mass is 250 g/mol. The van der Waals surface area contributed by atoms with Crippen molar-refractivity contribution in [2.75, 3.05) is 19.6 Å². The van der Waals surface area contributed by atoms with Crippen LogP contribution >= 0.6 is 0 Å². The number of amides is 1. The first-order valence-corrected chi connectivity index (χ1v) is 7.01. The molecule has 1 amide bonds. The van der Waals surface area contributed by atoms with E-state index in [0.29, 0.717) is 11.8 Å². The molecule has 2 saturated heterocycles. The largest absolute Gasteiger partial charge is 0.356 e. The van der Waals surface area contributed by atoms with Crippen LogP contribution in [-0.4, -0.2) is 42.8 Å². The molecule has 0 aromatic rings. The van der Waals surface area contributed by atoms with Crippen LogP contribution in [0.1, 0.15) is 26.7 Å². The molecule has 4 atom stereocenters. The van der Waals surface area contributed by atoms with Gasteiger partial charge in [-0.25, -0.2) is 0 Å². The number of nitrogens with zero attached hydrogens (tertiary/aromatic N) is 1. The molecule has 0 spiro atoms. The number of likely N-dealkylation sites (tertiary alicyclic amines) is 1. The molecular formula is C14H22N2O2. The van der Waals surface area contributed by atoms with Gasteiger partial charge in [0.05, 0.1) is 6.04 Å². The van der Waals surface area contributed by atoms with Gasteiger partial charge in [-0.2, -0.15) is 0 Å². The van der Waals surface area contributed by atoms with Crippen LogP contribution in [-0.2, 0) is 9.59 Å². The molecule has 0 aromatic heterocycles. The normalized spacial score (nSPS) is 39.2. The van der Waals surface area contributed by atoms with Crippen LogP contribution in [0.5, 0.6) is 0 Å². The maximum Gasteiger partial charge on any atom is 0.223 e. The van der Waals surface area contributed by atoms with Gasteiger partial charge in [0, 0.05) is 25.6 Å². The number of aldehydes is 1. The summed E-state index contributed by atoms with van der Waals surface area (Å²) in [6.45, 7) is 7.48. The van der Waals surface area contributed by atoms with Gasteiger partial charge in [-0.1, -0.05) is 13.8 Å². The first kappa shape index (κ1) is 12.2. The van der Waals surface area contributed by atoms with Crippen molar-refractivity contribution in [3.63, 3.8) is 0 Å². The van der Waals surface area contributed by atoms with Crippen LogP contribution in [0.2, 0.25) is 0 Å². The van der Waals surface area contributed by atoms with Crippen molar-refractivity contribution in [3.05, 3.63) is 0 Å². The molecule has 4 nitrogen and oxygen atoms in total. The topological polar surface area (TPSA) is 49.4 Å². The molecule has 3 aliphatic rings. The second-order valence-electron chi connectivity index (χ2n) is 6.70. The highest BCUT2D eigenvalue weighted by atomic mass is 16.2. The number of nitrogens with one attached hydrogen (secondary N) is 1. The van der Waals surface area contributed by atoms with Gasteiger partial charge in [0.25, 0.3) is 0 Å². The summed E-state index contributed by atoms with van der Waals surface area (Å²) in [5.74, 6) is 1.70. The molecule has 2 aliphatic heterocycles. The number of piperidine rings is 1. The Labute approximate surface area is 108 Å². The highest BCUT2D eigenvalue weighted by molar-refractivity contribution is 5.81. The van der Waals surface area contributed by atoms with Gasteiger partial charge in [-0.3, -0.25) is 9.69 Å². The van der Waals surface area contributed by atoms with Crippen LogP contribution in [0.25, 0.3) is 0 Å². The molecule has 1 saturated carbocycles. The van der Waals surface area contributed by atoms with E-state index in [1.165, 1.54) is 0 Å². The van der Waals surface area contributed by atoms with Gasteiger partial charge >= 0.3 is 0 Å². The molecule has 4 heteroatoms. The lowest BCUT2D eigenvalue weighted by Crippen LogP contribution is -2.40. The average molecular weight is 250 g/mol. The van der Waals surface area contributed by atoms with E-state index in [4.69, 9.17) is 0 Å². The van der Waals surface area contributed by atoms with Crippen molar-refractivity contribution in [1.29, 1.82) is 0 Å². The lowest BCUT2D eigenvalue weighted by molar-refractivity contribution is -0.123. The van der Waals surface area contributed by atoms with Gasteiger partial charge in [0.15, 0.2) is 0 Å². The molecule has 0 aromatic carbocycles. The van der Waals surface area contributed by atoms with Gasteiger partial charge in [-0.05, 0) is 30.1 Å². The molecule has 0 radical (unpaired) electrons. The van der Waals surface area contributed by atoms with E-state index in [0.717, 1.165) is 44.2 Å². The van der Waals surface area contributed by atoms with Crippen LogP contribution in [0.3, 0.4) is 0 Å². The second-order valence-corrected chi connectivity index (χ2v) is 6.70. The van der Waals surface area contributed by atoms with Crippen LogP contribution < -0.4 is 5.32 Å². The molecule has 18 heavy (non-hydrogen) atoms. The Bertz CT molecular complexity index is 366. The van der Waals surface area contributed by atoms with E-state index in [-0.39, 0.29) is 17.9 Å². The number of carbonyl (C=O) groups is 2. The van der Waals surface area contributed by atoms with Crippen molar-refractivity contribution < 1.29 is 9.59 Å². The highest BCUT2D eigenvalue weighted by Crippen LogP contribution is 2.62. The SMILES string of the molecule is CC1(C)C2CN([C@H](C=O)C[C@@H]3CCNC3=O)CC21. The Morgan fingerprint density at radius 3 is 2.61 bits per heavy atom. The fourth-order valence-corrected chi connectivity index (χ4v) is 3.89. The van der Waals surface area contributed by atoms with Gasteiger partial charge in [0.2, 0.25) is 5.91 Å².